The van der Waals surface area contributed by atoms with E-state index in [-0.39, 0.29) is 5.91 Å². The maximum absolute atomic E-state index is 11.9. The number of nitrogens with zero attached hydrogens (tertiary/aromatic N) is 2. The molecule has 0 bridgehead atoms. The number of carbonyl (C=O) groups is 2. The quantitative estimate of drug-likeness (QED) is 0.909. The Morgan fingerprint density at radius 1 is 1.45 bits per heavy atom. The number of hydrogen-bond donors (Lipinski definition) is 2. The van der Waals surface area contributed by atoms with E-state index in [1.165, 1.54) is 30.9 Å². The number of thiophene rings is 1. The lowest BCUT2D eigenvalue weighted by atomic mass is 10.1. The summed E-state index contributed by atoms with van der Waals surface area (Å²) >= 11 is 6.93. The Labute approximate surface area is 124 Å². The Morgan fingerprint density at radius 3 is 2.70 bits per heavy atom. The van der Waals surface area contributed by atoms with Gasteiger partial charge in [0.2, 0.25) is 0 Å². The molecule has 0 aliphatic heterocycles. The zero-order valence-electron chi connectivity index (χ0n) is 10.8. The van der Waals surface area contributed by atoms with E-state index in [1.807, 2.05) is 0 Å². The van der Waals surface area contributed by atoms with Crippen LogP contribution < -0.4 is 5.32 Å². The number of amides is 1. The highest BCUT2D eigenvalue weighted by Crippen LogP contribution is 2.23. The van der Waals surface area contributed by atoms with Gasteiger partial charge in [0, 0.05) is 6.20 Å². The first-order valence-electron chi connectivity index (χ1n) is 5.66. The van der Waals surface area contributed by atoms with Crippen molar-refractivity contribution in [1.29, 1.82) is 0 Å². The summed E-state index contributed by atoms with van der Waals surface area (Å²) in [6, 6.07) is 3.26. The monoisotopic (exact) mass is 313 g/mol. The van der Waals surface area contributed by atoms with Crippen LogP contribution in [0, 0.1) is 0 Å². The summed E-state index contributed by atoms with van der Waals surface area (Å²) in [7, 11) is 0. The molecule has 0 aliphatic carbocycles. The molecular weight excluding hydrogens is 302 g/mol. The van der Waals surface area contributed by atoms with Crippen molar-refractivity contribution in [2.45, 2.75) is 19.4 Å². The highest BCUT2D eigenvalue weighted by molar-refractivity contribution is 7.18. The van der Waals surface area contributed by atoms with E-state index in [4.69, 9.17) is 16.7 Å². The van der Waals surface area contributed by atoms with Crippen LogP contribution in [0.1, 0.15) is 23.5 Å². The van der Waals surface area contributed by atoms with E-state index < -0.39 is 11.5 Å². The van der Waals surface area contributed by atoms with E-state index in [1.54, 1.807) is 12.1 Å². The molecule has 106 valence electrons. The molecule has 2 heterocycles. The number of carbonyl (C=O) groups excluding carboxylic acids is 1. The molecule has 1 amide bonds. The number of aliphatic carboxylic acids is 1. The highest BCUT2D eigenvalue weighted by Gasteiger charge is 2.30. The lowest BCUT2D eigenvalue weighted by Gasteiger charge is -2.19. The van der Waals surface area contributed by atoms with Gasteiger partial charge in [-0.05, 0) is 26.0 Å². The number of halogens is 1. The number of aromatic nitrogens is 2. The molecule has 0 unspecified atom stereocenters. The minimum Gasteiger partial charge on any atom is -0.479 e. The Kier molecular flexibility index (Phi) is 3.82. The average molecular weight is 314 g/mol. The third-order valence-electron chi connectivity index (χ3n) is 2.73. The molecule has 0 atom stereocenters. The molecule has 0 aliphatic rings. The van der Waals surface area contributed by atoms with E-state index in [0.29, 0.717) is 14.9 Å². The number of carboxylic acids is 1. The van der Waals surface area contributed by atoms with Crippen molar-refractivity contribution in [3.05, 3.63) is 33.7 Å². The van der Waals surface area contributed by atoms with Crippen LogP contribution in [0.15, 0.2) is 24.5 Å². The van der Waals surface area contributed by atoms with Gasteiger partial charge in [-0.15, -0.1) is 11.3 Å². The first-order chi connectivity index (χ1) is 9.30. The van der Waals surface area contributed by atoms with Gasteiger partial charge in [0.25, 0.3) is 5.91 Å². The third-order valence-corrected chi connectivity index (χ3v) is 3.96. The summed E-state index contributed by atoms with van der Waals surface area (Å²) in [6.45, 7) is 3.04. The van der Waals surface area contributed by atoms with Gasteiger partial charge < -0.3 is 10.4 Å². The summed E-state index contributed by atoms with van der Waals surface area (Å²) < 4.78 is 1.81. The second-order valence-corrected chi connectivity index (χ2v) is 6.31. The number of nitrogens with one attached hydrogen (secondary N) is 1. The molecule has 2 aromatic heterocycles. The minimum absolute atomic E-state index is 0.311. The topological polar surface area (TPSA) is 84.2 Å². The third kappa shape index (κ3) is 2.83. The van der Waals surface area contributed by atoms with Gasteiger partial charge in [-0.2, -0.15) is 5.10 Å². The fraction of sp³-hybridized carbons (Fsp3) is 0.250. The van der Waals surface area contributed by atoms with Crippen molar-refractivity contribution in [3.8, 4) is 0 Å². The number of rotatable bonds is 4. The van der Waals surface area contributed by atoms with Crippen LogP contribution in [-0.2, 0) is 10.3 Å². The highest BCUT2D eigenvalue weighted by atomic mass is 35.5. The van der Waals surface area contributed by atoms with Crippen molar-refractivity contribution in [2.75, 3.05) is 5.32 Å². The summed E-state index contributed by atoms with van der Waals surface area (Å²) in [6.07, 6.45) is 2.87. The van der Waals surface area contributed by atoms with Gasteiger partial charge in [0.1, 0.15) is 0 Å². The molecule has 2 N–H and O–H groups in total. The normalized spacial score (nSPS) is 11.3. The van der Waals surface area contributed by atoms with Crippen molar-refractivity contribution in [2.24, 2.45) is 0 Å². The zero-order chi connectivity index (χ0) is 14.9. The van der Waals surface area contributed by atoms with Gasteiger partial charge in [0.15, 0.2) is 5.54 Å². The van der Waals surface area contributed by atoms with Gasteiger partial charge in [-0.25, -0.2) is 4.79 Å². The lowest BCUT2D eigenvalue weighted by Crippen LogP contribution is -2.35. The number of carboxylic acid groups (broad SMARTS) is 1. The molecule has 0 aromatic carbocycles. The molecular formula is C12H12ClN3O3S. The molecule has 0 spiro atoms. The van der Waals surface area contributed by atoms with Crippen LogP contribution in [0.2, 0.25) is 4.34 Å². The smallest absolute Gasteiger partial charge is 0.331 e. The Morgan fingerprint density at radius 2 is 2.15 bits per heavy atom. The standard InChI is InChI=1S/C12H12ClN3O3S/c1-12(2,11(18)19)16-6-7(5-14-16)15-10(17)8-3-4-9(13)20-8/h3-6H,1-2H3,(H,15,17)(H,18,19). The Balaban J connectivity index is 2.14. The van der Waals surface area contributed by atoms with Crippen molar-refractivity contribution in [1.82, 2.24) is 9.78 Å². The second kappa shape index (κ2) is 5.26. The van der Waals surface area contributed by atoms with Crippen LogP contribution in [-0.4, -0.2) is 26.8 Å². The summed E-state index contributed by atoms with van der Waals surface area (Å²) in [5, 5.41) is 15.7. The van der Waals surface area contributed by atoms with Crippen LogP contribution in [0.5, 0.6) is 0 Å². The van der Waals surface area contributed by atoms with E-state index in [0.717, 1.165) is 11.3 Å². The van der Waals surface area contributed by atoms with Gasteiger partial charge in [-0.3, -0.25) is 9.48 Å². The number of hydrogen-bond acceptors (Lipinski definition) is 4. The van der Waals surface area contributed by atoms with Crippen molar-refractivity contribution >= 4 is 40.5 Å². The fourth-order valence-electron chi connectivity index (χ4n) is 1.42. The Bertz CT molecular complexity index is 662. The summed E-state index contributed by atoms with van der Waals surface area (Å²) in [4.78, 5) is 23.5. The molecule has 8 heteroatoms. The zero-order valence-corrected chi connectivity index (χ0v) is 12.3. The van der Waals surface area contributed by atoms with E-state index >= 15 is 0 Å². The lowest BCUT2D eigenvalue weighted by molar-refractivity contribution is -0.146. The van der Waals surface area contributed by atoms with Gasteiger partial charge in [-0.1, -0.05) is 11.6 Å². The first kappa shape index (κ1) is 14.5. The maximum Gasteiger partial charge on any atom is 0.331 e. The molecule has 0 radical (unpaired) electrons. The molecule has 2 aromatic rings. The molecule has 6 nitrogen and oxygen atoms in total. The van der Waals surface area contributed by atoms with Gasteiger partial charge >= 0.3 is 5.97 Å². The number of anilines is 1. The van der Waals surface area contributed by atoms with Crippen molar-refractivity contribution < 1.29 is 14.7 Å². The molecule has 0 fully saturated rings. The van der Waals surface area contributed by atoms with Crippen LogP contribution in [0.3, 0.4) is 0 Å². The predicted molar refractivity (Wildman–Crippen MR) is 76.5 cm³/mol. The second-order valence-electron chi connectivity index (χ2n) is 4.60. The molecule has 0 saturated carbocycles. The Hall–Kier alpha value is -1.86. The van der Waals surface area contributed by atoms with Crippen LogP contribution >= 0.6 is 22.9 Å². The van der Waals surface area contributed by atoms with Crippen LogP contribution in [0.4, 0.5) is 5.69 Å². The average Bonchev–Trinajstić information content (AvgIpc) is 2.98. The molecule has 20 heavy (non-hydrogen) atoms. The SMILES string of the molecule is CC(C)(C(=O)O)n1cc(NC(=O)c2ccc(Cl)s2)cn1. The summed E-state index contributed by atoms with van der Waals surface area (Å²) in [5.74, 6) is -1.32. The predicted octanol–water partition coefficient (Wildman–Crippen LogP) is 2.67. The van der Waals surface area contributed by atoms with E-state index in [2.05, 4.69) is 10.4 Å². The molecule has 0 saturated heterocycles. The van der Waals surface area contributed by atoms with Crippen molar-refractivity contribution in [3.63, 3.8) is 0 Å². The maximum atomic E-state index is 11.9. The largest absolute Gasteiger partial charge is 0.479 e. The van der Waals surface area contributed by atoms with Crippen LogP contribution in [0.25, 0.3) is 0 Å². The van der Waals surface area contributed by atoms with E-state index in [9.17, 15) is 9.59 Å². The summed E-state index contributed by atoms with van der Waals surface area (Å²) in [5.41, 5.74) is -0.760. The minimum atomic E-state index is -1.19. The molecule has 2 rings (SSSR count). The first-order valence-corrected chi connectivity index (χ1v) is 6.85. The fourth-order valence-corrected chi connectivity index (χ4v) is 2.36. The van der Waals surface area contributed by atoms with Gasteiger partial charge in [0.05, 0.1) is 21.1 Å².